The van der Waals surface area contributed by atoms with E-state index in [1.54, 1.807) is 16.7 Å². The molecule has 2 unspecified atom stereocenters. The van der Waals surface area contributed by atoms with Crippen molar-refractivity contribution in [2.24, 2.45) is 0 Å². The summed E-state index contributed by atoms with van der Waals surface area (Å²) in [7, 11) is 0. The molecule has 2 N–H and O–H groups in total. The summed E-state index contributed by atoms with van der Waals surface area (Å²) in [5.41, 5.74) is 0. The maximum atomic E-state index is 11.8. The lowest BCUT2D eigenvalue weighted by Crippen LogP contribution is -2.51. The minimum Gasteiger partial charge on any atom is -0.480 e. The summed E-state index contributed by atoms with van der Waals surface area (Å²) in [6.45, 7) is 3.32. The molecule has 2 atom stereocenters. The number of hydrogen-bond acceptors (Lipinski definition) is 3. The molecule has 1 heterocycles. The van der Waals surface area contributed by atoms with Crippen molar-refractivity contribution >= 4 is 23.8 Å². The van der Waals surface area contributed by atoms with E-state index in [2.05, 4.69) is 11.2 Å². The lowest BCUT2D eigenvalue weighted by atomic mass is 10.2. The molecule has 0 radical (unpaired) electrons. The normalized spacial score (nSPS) is 21.4. The van der Waals surface area contributed by atoms with Gasteiger partial charge in [0.15, 0.2) is 0 Å². The molecule has 0 spiro atoms. The van der Waals surface area contributed by atoms with Gasteiger partial charge in [-0.3, -0.25) is 0 Å². The first-order valence-corrected chi connectivity index (χ1v) is 6.42. The van der Waals surface area contributed by atoms with Gasteiger partial charge >= 0.3 is 12.0 Å². The molecule has 94 valence electrons. The Kier molecular flexibility index (Phi) is 5.16. The van der Waals surface area contributed by atoms with E-state index < -0.39 is 12.0 Å². The van der Waals surface area contributed by atoms with Crippen molar-refractivity contribution in [3.8, 4) is 12.3 Å². The van der Waals surface area contributed by atoms with E-state index in [9.17, 15) is 9.59 Å². The first kappa shape index (κ1) is 13.7. The fraction of sp³-hybridized carbons (Fsp3) is 0.636. The number of urea groups is 1. The van der Waals surface area contributed by atoms with Crippen LogP contribution in [0.2, 0.25) is 0 Å². The van der Waals surface area contributed by atoms with Crippen LogP contribution in [0, 0.1) is 12.3 Å². The molecule has 0 aliphatic carbocycles. The van der Waals surface area contributed by atoms with Crippen LogP contribution in [-0.2, 0) is 4.79 Å². The first-order chi connectivity index (χ1) is 8.04. The van der Waals surface area contributed by atoms with Crippen molar-refractivity contribution in [3.05, 3.63) is 0 Å². The van der Waals surface area contributed by atoms with E-state index in [4.69, 9.17) is 11.5 Å². The van der Waals surface area contributed by atoms with Gasteiger partial charge in [0.25, 0.3) is 0 Å². The maximum absolute atomic E-state index is 11.8. The Balaban J connectivity index is 2.52. The van der Waals surface area contributed by atoms with Crippen molar-refractivity contribution < 1.29 is 14.7 Å². The second kappa shape index (κ2) is 6.40. The number of thioether (sulfide) groups is 1. The molecule has 17 heavy (non-hydrogen) atoms. The van der Waals surface area contributed by atoms with Crippen molar-refractivity contribution in [3.63, 3.8) is 0 Å². The molecule has 1 fully saturated rings. The standard InChI is InChI=1S/C11H16N2O3S/c1-3-4-9(10(14)15)12-11(16)13-5-6-17-8(2)7-13/h1,8-9H,4-7H2,2H3,(H,12,16)(H,14,15). The van der Waals surface area contributed by atoms with Gasteiger partial charge < -0.3 is 15.3 Å². The van der Waals surface area contributed by atoms with Gasteiger partial charge in [-0.2, -0.15) is 11.8 Å². The second-order valence-electron chi connectivity index (χ2n) is 3.88. The summed E-state index contributed by atoms with van der Waals surface area (Å²) >= 11 is 1.80. The fourth-order valence-corrected chi connectivity index (χ4v) is 2.57. The topological polar surface area (TPSA) is 69.6 Å². The molecule has 5 nitrogen and oxygen atoms in total. The molecule has 0 aromatic rings. The molecule has 1 saturated heterocycles. The summed E-state index contributed by atoms with van der Waals surface area (Å²) in [6, 6.07) is -1.35. The summed E-state index contributed by atoms with van der Waals surface area (Å²) in [5.74, 6) is 2.02. The fourth-order valence-electron chi connectivity index (χ4n) is 1.56. The summed E-state index contributed by atoms with van der Waals surface area (Å²) < 4.78 is 0. The zero-order valence-corrected chi connectivity index (χ0v) is 10.5. The molecule has 1 rings (SSSR count). The van der Waals surface area contributed by atoms with Gasteiger partial charge in [-0.1, -0.05) is 6.92 Å². The minimum absolute atomic E-state index is 0.000777. The van der Waals surface area contributed by atoms with Crippen molar-refractivity contribution in [1.82, 2.24) is 10.2 Å². The van der Waals surface area contributed by atoms with E-state index in [-0.39, 0.29) is 12.5 Å². The second-order valence-corrected chi connectivity index (χ2v) is 5.42. The molecular weight excluding hydrogens is 240 g/mol. The Morgan fingerprint density at radius 1 is 1.71 bits per heavy atom. The molecule has 0 saturated carbocycles. The Hall–Kier alpha value is -1.35. The smallest absolute Gasteiger partial charge is 0.327 e. The summed E-state index contributed by atoms with van der Waals surface area (Å²) in [6.07, 6.45) is 5.06. The highest BCUT2D eigenvalue weighted by molar-refractivity contribution is 7.99. The number of carbonyl (C=O) groups excluding carboxylic acids is 1. The number of carboxylic acids is 1. The third-order valence-electron chi connectivity index (χ3n) is 2.45. The third-order valence-corrected chi connectivity index (χ3v) is 3.58. The van der Waals surface area contributed by atoms with Gasteiger partial charge in [0, 0.05) is 30.5 Å². The first-order valence-electron chi connectivity index (χ1n) is 5.38. The van der Waals surface area contributed by atoms with Crippen LogP contribution in [0.25, 0.3) is 0 Å². The number of carboxylic acid groups (broad SMARTS) is 1. The average Bonchev–Trinajstić information content (AvgIpc) is 2.28. The SMILES string of the molecule is C#CCC(NC(=O)N1CCSC(C)C1)C(=O)O. The van der Waals surface area contributed by atoms with Gasteiger partial charge in [0.05, 0.1) is 0 Å². The van der Waals surface area contributed by atoms with Crippen LogP contribution in [-0.4, -0.2) is 52.1 Å². The third kappa shape index (κ3) is 4.19. The lowest BCUT2D eigenvalue weighted by Gasteiger charge is -2.31. The Morgan fingerprint density at radius 3 is 2.94 bits per heavy atom. The van der Waals surface area contributed by atoms with E-state index in [1.165, 1.54) is 0 Å². The zero-order valence-electron chi connectivity index (χ0n) is 9.68. The molecule has 0 aromatic carbocycles. The van der Waals surface area contributed by atoms with Crippen LogP contribution >= 0.6 is 11.8 Å². The number of nitrogens with zero attached hydrogens (tertiary/aromatic N) is 1. The van der Waals surface area contributed by atoms with Crippen LogP contribution in [0.1, 0.15) is 13.3 Å². The molecule has 6 heteroatoms. The van der Waals surface area contributed by atoms with Crippen molar-refractivity contribution in [2.75, 3.05) is 18.8 Å². The van der Waals surface area contributed by atoms with Crippen LogP contribution in [0.5, 0.6) is 0 Å². The van der Waals surface area contributed by atoms with Crippen LogP contribution in [0.3, 0.4) is 0 Å². The van der Waals surface area contributed by atoms with Gasteiger partial charge in [0.1, 0.15) is 6.04 Å². The van der Waals surface area contributed by atoms with Crippen LogP contribution in [0.15, 0.2) is 0 Å². The average molecular weight is 256 g/mol. The van der Waals surface area contributed by atoms with Crippen LogP contribution in [0.4, 0.5) is 4.79 Å². The van der Waals surface area contributed by atoms with Gasteiger partial charge in [0.2, 0.25) is 0 Å². The van der Waals surface area contributed by atoms with Gasteiger partial charge in [-0.05, 0) is 0 Å². The molecule has 2 amide bonds. The predicted octanol–water partition coefficient (Wildman–Crippen LogP) is 0.610. The highest BCUT2D eigenvalue weighted by Crippen LogP contribution is 2.17. The zero-order chi connectivity index (χ0) is 12.8. The Labute approximate surface area is 105 Å². The highest BCUT2D eigenvalue weighted by atomic mass is 32.2. The molecule has 0 bridgehead atoms. The monoisotopic (exact) mass is 256 g/mol. The van der Waals surface area contributed by atoms with E-state index in [0.29, 0.717) is 18.3 Å². The number of rotatable bonds is 3. The number of aliphatic carboxylic acids is 1. The molecular formula is C11H16N2O3S. The Bertz CT molecular complexity index is 340. The number of amides is 2. The van der Waals surface area contributed by atoms with Crippen molar-refractivity contribution in [1.29, 1.82) is 0 Å². The van der Waals surface area contributed by atoms with E-state index in [1.807, 2.05) is 6.92 Å². The maximum Gasteiger partial charge on any atom is 0.327 e. The summed E-state index contributed by atoms with van der Waals surface area (Å²) in [5, 5.41) is 11.7. The quantitative estimate of drug-likeness (QED) is 0.726. The lowest BCUT2D eigenvalue weighted by molar-refractivity contribution is -0.139. The van der Waals surface area contributed by atoms with E-state index >= 15 is 0 Å². The van der Waals surface area contributed by atoms with Crippen LogP contribution < -0.4 is 5.32 Å². The number of carbonyl (C=O) groups is 2. The largest absolute Gasteiger partial charge is 0.480 e. The highest BCUT2D eigenvalue weighted by Gasteiger charge is 2.25. The Morgan fingerprint density at radius 2 is 2.41 bits per heavy atom. The minimum atomic E-state index is -1.10. The van der Waals surface area contributed by atoms with Gasteiger partial charge in [-0.15, -0.1) is 12.3 Å². The predicted molar refractivity (Wildman–Crippen MR) is 66.9 cm³/mol. The van der Waals surface area contributed by atoms with Gasteiger partial charge in [-0.25, -0.2) is 9.59 Å². The van der Waals surface area contributed by atoms with Crippen molar-refractivity contribution in [2.45, 2.75) is 24.6 Å². The molecule has 1 aliphatic rings. The molecule has 1 aliphatic heterocycles. The summed E-state index contributed by atoms with van der Waals surface area (Å²) in [4.78, 5) is 24.3. The number of terminal acetylenes is 1. The van der Waals surface area contributed by atoms with E-state index in [0.717, 1.165) is 5.75 Å². The number of nitrogens with one attached hydrogen (secondary N) is 1. The molecule has 0 aromatic heterocycles. The number of hydrogen-bond donors (Lipinski definition) is 2.